The van der Waals surface area contributed by atoms with Gasteiger partial charge in [-0.1, -0.05) is 13.3 Å². The van der Waals surface area contributed by atoms with Gasteiger partial charge >= 0.3 is 5.97 Å². The van der Waals surface area contributed by atoms with Gasteiger partial charge in [-0.3, -0.25) is 9.59 Å². The molecule has 2 atom stereocenters. The number of ketones is 2. The second-order valence-electron chi connectivity index (χ2n) is 3.87. The van der Waals surface area contributed by atoms with Gasteiger partial charge in [0.05, 0.1) is 12.5 Å². The van der Waals surface area contributed by atoms with Crippen molar-refractivity contribution in [3.05, 3.63) is 0 Å². The van der Waals surface area contributed by atoms with Crippen molar-refractivity contribution >= 4 is 17.5 Å². The van der Waals surface area contributed by atoms with Gasteiger partial charge < -0.3 is 4.74 Å². The highest BCUT2D eigenvalue weighted by Crippen LogP contribution is 2.26. The van der Waals surface area contributed by atoms with Gasteiger partial charge in [-0.15, -0.1) is 0 Å². The summed E-state index contributed by atoms with van der Waals surface area (Å²) in [6.07, 6.45) is 2.12. The van der Waals surface area contributed by atoms with Crippen molar-refractivity contribution in [1.82, 2.24) is 0 Å². The van der Waals surface area contributed by atoms with E-state index >= 15 is 0 Å². The fourth-order valence-electron chi connectivity index (χ4n) is 1.86. The van der Waals surface area contributed by atoms with E-state index in [0.29, 0.717) is 6.42 Å². The van der Waals surface area contributed by atoms with Crippen molar-refractivity contribution in [3.63, 3.8) is 0 Å². The lowest BCUT2D eigenvalue weighted by atomic mass is 9.79. The third-order valence-electron chi connectivity index (χ3n) is 2.75. The predicted molar refractivity (Wildman–Crippen MR) is 53.2 cm³/mol. The number of hydrogen-bond donors (Lipinski definition) is 0. The van der Waals surface area contributed by atoms with Gasteiger partial charge in [-0.2, -0.15) is 0 Å². The standard InChI is InChI=1S/C11H16O4/c1-3-15-11(14)10(13)8-6-4-5-7(2)9(8)12/h7-8H,3-6H2,1-2H3/t7-,8+/m1/s1. The molecule has 1 fully saturated rings. The fourth-order valence-corrected chi connectivity index (χ4v) is 1.86. The Hall–Kier alpha value is -1.19. The zero-order valence-corrected chi connectivity index (χ0v) is 9.12. The average Bonchev–Trinajstić information content (AvgIpc) is 2.21. The summed E-state index contributed by atoms with van der Waals surface area (Å²) in [4.78, 5) is 34.4. The van der Waals surface area contributed by atoms with Crippen molar-refractivity contribution in [2.75, 3.05) is 6.61 Å². The van der Waals surface area contributed by atoms with Crippen LogP contribution in [0.5, 0.6) is 0 Å². The number of carbonyl (C=O) groups is 3. The monoisotopic (exact) mass is 212 g/mol. The second-order valence-corrected chi connectivity index (χ2v) is 3.87. The van der Waals surface area contributed by atoms with Crippen LogP contribution in [0.1, 0.15) is 33.1 Å². The minimum absolute atomic E-state index is 0.109. The van der Waals surface area contributed by atoms with Crippen molar-refractivity contribution in [1.29, 1.82) is 0 Å². The highest BCUT2D eigenvalue weighted by atomic mass is 16.5. The van der Waals surface area contributed by atoms with E-state index in [1.54, 1.807) is 13.8 Å². The first-order chi connectivity index (χ1) is 7.07. The van der Waals surface area contributed by atoms with Crippen LogP contribution in [-0.2, 0) is 19.1 Å². The Bertz CT molecular complexity index is 282. The molecule has 0 bridgehead atoms. The van der Waals surface area contributed by atoms with Crippen molar-refractivity contribution in [3.8, 4) is 0 Å². The molecule has 1 rings (SSSR count). The predicted octanol–water partition coefficient (Wildman–Crippen LogP) is 1.12. The normalized spacial score (nSPS) is 26.1. The van der Waals surface area contributed by atoms with Gasteiger partial charge in [-0.05, 0) is 19.8 Å². The summed E-state index contributed by atoms with van der Waals surface area (Å²) in [5.41, 5.74) is 0. The lowest BCUT2D eigenvalue weighted by Crippen LogP contribution is -2.37. The molecule has 0 aromatic carbocycles. The van der Waals surface area contributed by atoms with Gasteiger partial charge in [0.25, 0.3) is 0 Å². The topological polar surface area (TPSA) is 60.4 Å². The van der Waals surface area contributed by atoms with Crippen molar-refractivity contribution in [2.24, 2.45) is 11.8 Å². The minimum atomic E-state index is -0.870. The molecule has 1 aliphatic carbocycles. The second kappa shape index (κ2) is 5.05. The molecule has 0 aromatic heterocycles. The number of carbonyl (C=O) groups excluding carboxylic acids is 3. The molecular weight excluding hydrogens is 196 g/mol. The van der Waals surface area contributed by atoms with E-state index in [4.69, 9.17) is 0 Å². The number of hydrogen-bond acceptors (Lipinski definition) is 4. The maximum atomic E-state index is 11.6. The first-order valence-electron chi connectivity index (χ1n) is 5.32. The fraction of sp³-hybridized carbons (Fsp3) is 0.727. The van der Waals surface area contributed by atoms with Gasteiger partial charge in [0.15, 0.2) is 0 Å². The van der Waals surface area contributed by atoms with Crippen molar-refractivity contribution in [2.45, 2.75) is 33.1 Å². The molecule has 1 aliphatic rings. The van der Waals surface area contributed by atoms with Crippen LogP contribution in [0.25, 0.3) is 0 Å². The summed E-state index contributed by atoms with van der Waals surface area (Å²) < 4.78 is 4.60. The van der Waals surface area contributed by atoms with E-state index in [0.717, 1.165) is 12.8 Å². The molecule has 0 saturated heterocycles. The van der Waals surface area contributed by atoms with E-state index in [9.17, 15) is 14.4 Å². The van der Waals surface area contributed by atoms with Gasteiger partial charge in [-0.25, -0.2) is 4.79 Å². The smallest absolute Gasteiger partial charge is 0.375 e. The van der Waals surface area contributed by atoms with Gasteiger partial charge in [0, 0.05) is 5.92 Å². The summed E-state index contributed by atoms with van der Waals surface area (Å²) in [7, 11) is 0. The molecule has 0 heterocycles. The maximum Gasteiger partial charge on any atom is 0.375 e. The summed E-state index contributed by atoms with van der Waals surface area (Å²) in [6, 6.07) is 0. The number of rotatable bonds is 3. The van der Waals surface area contributed by atoms with Gasteiger partial charge in [0.2, 0.25) is 5.78 Å². The van der Waals surface area contributed by atoms with E-state index in [2.05, 4.69) is 4.74 Å². The minimum Gasteiger partial charge on any atom is -0.460 e. The van der Waals surface area contributed by atoms with Crippen LogP contribution in [0.15, 0.2) is 0 Å². The van der Waals surface area contributed by atoms with Crippen LogP contribution >= 0.6 is 0 Å². The van der Waals surface area contributed by atoms with E-state index < -0.39 is 17.7 Å². The Morgan fingerprint density at radius 2 is 2.07 bits per heavy atom. The first-order valence-corrected chi connectivity index (χ1v) is 5.32. The zero-order chi connectivity index (χ0) is 11.4. The number of ether oxygens (including phenoxy) is 1. The van der Waals surface area contributed by atoms with E-state index in [1.165, 1.54) is 0 Å². The molecule has 15 heavy (non-hydrogen) atoms. The first kappa shape index (κ1) is 11.9. The van der Waals surface area contributed by atoms with Crippen LogP contribution in [0.2, 0.25) is 0 Å². The molecule has 0 unspecified atom stereocenters. The summed E-state index contributed by atoms with van der Waals surface area (Å²) in [5.74, 6) is -2.52. The lowest BCUT2D eigenvalue weighted by Gasteiger charge is -2.23. The number of Topliss-reactive ketones (excluding diaryl/α,β-unsaturated/α-hetero) is 2. The average molecular weight is 212 g/mol. The van der Waals surface area contributed by atoms with Crippen LogP contribution in [0.3, 0.4) is 0 Å². The van der Waals surface area contributed by atoms with Crippen LogP contribution in [0.4, 0.5) is 0 Å². The van der Waals surface area contributed by atoms with Crippen LogP contribution in [0, 0.1) is 11.8 Å². The molecule has 84 valence electrons. The molecule has 0 amide bonds. The highest BCUT2D eigenvalue weighted by Gasteiger charge is 2.37. The summed E-state index contributed by atoms with van der Waals surface area (Å²) >= 11 is 0. The van der Waals surface area contributed by atoms with E-state index in [-0.39, 0.29) is 18.3 Å². The van der Waals surface area contributed by atoms with Crippen LogP contribution in [-0.4, -0.2) is 24.1 Å². The van der Waals surface area contributed by atoms with Gasteiger partial charge in [0.1, 0.15) is 5.78 Å². The summed E-state index contributed by atoms with van der Waals surface area (Å²) in [5, 5.41) is 0. The molecule has 4 heteroatoms. The molecule has 4 nitrogen and oxygen atoms in total. The quantitative estimate of drug-likeness (QED) is 0.399. The maximum absolute atomic E-state index is 11.6. The Kier molecular flexibility index (Phi) is 4.00. The SMILES string of the molecule is CCOC(=O)C(=O)[C@H]1CCC[C@@H](C)C1=O. The zero-order valence-electron chi connectivity index (χ0n) is 9.12. The Morgan fingerprint density at radius 3 is 2.67 bits per heavy atom. The Balaban J connectivity index is 2.66. The molecule has 0 N–H and O–H groups in total. The molecule has 0 radical (unpaired) electrons. The van der Waals surface area contributed by atoms with E-state index in [1.807, 2.05) is 0 Å². The third kappa shape index (κ3) is 2.64. The Labute approximate surface area is 89.0 Å². The largest absolute Gasteiger partial charge is 0.460 e. The molecule has 0 spiro atoms. The van der Waals surface area contributed by atoms with Crippen LogP contribution < -0.4 is 0 Å². The molecular formula is C11H16O4. The summed E-state index contributed by atoms with van der Waals surface area (Å²) in [6.45, 7) is 3.60. The third-order valence-corrected chi connectivity index (χ3v) is 2.75. The highest BCUT2D eigenvalue weighted by molar-refractivity contribution is 6.38. The van der Waals surface area contributed by atoms with Crippen molar-refractivity contribution < 1.29 is 19.1 Å². The molecule has 0 aliphatic heterocycles. The molecule has 0 aromatic rings. The lowest BCUT2D eigenvalue weighted by molar-refractivity contribution is -0.157. The Morgan fingerprint density at radius 1 is 1.40 bits per heavy atom. The molecule has 1 saturated carbocycles. The number of esters is 1.